The van der Waals surface area contributed by atoms with Crippen LogP contribution < -0.4 is 0 Å². The molecule has 0 aliphatic rings. The summed E-state index contributed by atoms with van der Waals surface area (Å²) in [6.45, 7) is 10.1. The lowest BCUT2D eigenvalue weighted by atomic mass is 9.85. The number of hydrogen-bond donors (Lipinski definition) is 1. The molecule has 12 heavy (non-hydrogen) atoms. The van der Waals surface area contributed by atoms with E-state index in [0.717, 1.165) is 19.3 Å². The van der Waals surface area contributed by atoms with Gasteiger partial charge in [0.2, 0.25) is 0 Å². The molecule has 1 nitrogen and oxygen atoms in total. The summed E-state index contributed by atoms with van der Waals surface area (Å²) in [5.74, 6) is 0.937. The van der Waals surface area contributed by atoms with Crippen molar-refractivity contribution in [1.82, 2.24) is 0 Å². The van der Waals surface area contributed by atoms with Crippen LogP contribution in [0.1, 0.15) is 40.0 Å². The van der Waals surface area contributed by atoms with Crippen LogP contribution in [0.2, 0.25) is 0 Å². The zero-order valence-corrected chi connectivity index (χ0v) is 8.59. The second-order valence-electron chi connectivity index (χ2n) is 3.79. The van der Waals surface area contributed by atoms with Gasteiger partial charge in [-0.1, -0.05) is 33.3 Å². The Morgan fingerprint density at radius 2 is 2.00 bits per heavy atom. The Morgan fingerprint density at radius 3 is 2.33 bits per heavy atom. The van der Waals surface area contributed by atoms with Crippen molar-refractivity contribution in [2.24, 2.45) is 11.8 Å². The molecular weight excluding hydrogens is 148 g/mol. The summed E-state index contributed by atoms with van der Waals surface area (Å²) in [5.41, 5.74) is 0. The fourth-order valence-corrected chi connectivity index (χ4v) is 1.58. The predicted molar refractivity (Wildman–Crippen MR) is 54.1 cm³/mol. The van der Waals surface area contributed by atoms with Crippen LogP contribution in [0.5, 0.6) is 0 Å². The van der Waals surface area contributed by atoms with Crippen molar-refractivity contribution in [2.75, 3.05) is 0 Å². The molecule has 0 aromatic heterocycles. The van der Waals surface area contributed by atoms with Crippen LogP contribution in [0.25, 0.3) is 0 Å². The first-order valence-electron chi connectivity index (χ1n) is 4.92. The van der Waals surface area contributed by atoms with E-state index in [1.165, 1.54) is 0 Å². The predicted octanol–water partition coefficient (Wildman–Crippen LogP) is 3.00. The van der Waals surface area contributed by atoms with Gasteiger partial charge in [-0.15, -0.1) is 6.58 Å². The molecule has 0 fully saturated rings. The highest BCUT2D eigenvalue weighted by molar-refractivity contribution is 4.79. The standard InChI is InChI=1S/C11H22O/c1-5-7-10(9(3)4)11(12)8-6-2/h5,9-12H,1,6-8H2,2-4H3/t10-,11+/m1/s1. The molecule has 0 amide bonds. The molecule has 0 aromatic carbocycles. The maximum atomic E-state index is 9.76. The van der Waals surface area contributed by atoms with Crippen LogP contribution in [-0.4, -0.2) is 11.2 Å². The van der Waals surface area contributed by atoms with Gasteiger partial charge in [0.1, 0.15) is 0 Å². The number of rotatable bonds is 6. The molecular formula is C11H22O. The third-order valence-electron chi connectivity index (χ3n) is 2.37. The van der Waals surface area contributed by atoms with Crippen molar-refractivity contribution in [2.45, 2.75) is 46.1 Å². The molecule has 0 spiro atoms. The number of aliphatic hydroxyl groups is 1. The lowest BCUT2D eigenvalue weighted by Crippen LogP contribution is -2.24. The van der Waals surface area contributed by atoms with E-state index in [1.807, 2.05) is 6.08 Å². The Balaban J connectivity index is 3.98. The van der Waals surface area contributed by atoms with Gasteiger partial charge in [-0.2, -0.15) is 0 Å². The maximum absolute atomic E-state index is 9.76. The van der Waals surface area contributed by atoms with E-state index in [1.54, 1.807) is 0 Å². The molecule has 0 heterocycles. The molecule has 0 saturated heterocycles. The smallest absolute Gasteiger partial charge is 0.0573 e. The SMILES string of the molecule is C=CC[C@H](C(C)C)[C@@H](O)CCC. The topological polar surface area (TPSA) is 20.2 Å². The number of hydrogen-bond acceptors (Lipinski definition) is 1. The van der Waals surface area contributed by atoms with Crippen molar-refractivity contribution in [3.63, 3.8) is 0 Å². The third-order valence-corrected chi connectivity index (χ3v) is 2.37. The highest BCUT2D eigenvalue weighted by Gasteiger charge is 2.19. The van der Waals surface area contributed by atoms with Crippen LogP contribution in [0.3, 0.4) is 0 Å². The summed E-state index contributed by atoms with van der Waals surface area (Å²) in [6, 6.07) is 0. The van der Waals surface area contributed by atoms with Gasteiger partial charge in [0.25, 0.3) is 0 Å². The Morgan fingerprint density at radius 1 is 1.42 bits per heavy atom. The van der Waals surface area contributed by atoms with Gasteiger partial charge in [-0.25, -0.2) is 0 Å². The first-order valence-corrected chi connectivity index (χ1v) is 4.92. The number of aliphatic hydroxyl groups excluding tert-OH is 1. The van der Waals surface area contributed by atoms with E-state index in [-0.39, 0.29) is 6.10 Å². The first kappa shape index (κ1) is 11.7. The second-order valence-corrected chi connectivity index (χ2v) is 3.79. The normalized spacial score (nSPS) is 16.1. The van der Waals surface area contributed by atoms with Gasteiger partial charge in [-0.05, 0) is 24.7 Å². The Labute approximate surface area is 76.5 Å². The Kier molecular flexibility index (Phi) is 6.09. The molecule has 2 atom stereocenters. The molecule has 0 unspecified atom stereocenters. The van der Waals surface area contributed by atoms with E-state index >= 15 is 0 Å². The fourth-order valence-electron chi connectivity index (χ4n) is 1.58. The Bertz CT molecular complexity index is 118. The van der Waals surface area contributed by atoms with Crippen LogP contribution >= 0.6 is 0 Å². The minimum Gasteiger partial charge on any atom is -0.393 e. The summed E-state index contributed by atoms with van der Waals surface area (Å²) in [5, 5.41) is 9.76. The van der Waals surface area contributed by atoms with Crippen LogP contribution in [0, 0.1) is 11.8 Å². The van der Waals surface area contributed by atoms with Crippen LogP contribution in [0.4, 0.5) is 0 Å². The minimum atomic E-state index is -0.145. The van der Waals surface area contributed by atoms with Gasteiger partial charge in [0, 0.05) is 0 Å². The summed E-state index contributed by atoms with van der Waals surface area (Å²) in [4.78, 5) is 0. The van der Waals surface area contributed by atoms with Gasteiger partial charge < -0.3 is 5.11 Å². The summed E-state index contributed by atoms with van der Waals surface area (Å²) >= 11 is 0. The second kappa shape index (κ2) is 6.24. The summed E-state index contributed by atoms with van der Waals surface area (Å²) in [7, 11) is 0. The van der Waals surface area contributed by atoms with E-state index in [2.05, 4.69) is 27.4 Å². The quantitative estimate of drug-likeness (QED) is 0.608. The molecule has 0 aliphatic carbocycles. The Hall–Kier alpha value is -0.300. The van der Waals surface area contributed by atoms with E-state index < -0.39 is 0 Å². The highest BCUT2D eigenvalue weighted by atomic mass is 16.3. The van der Waals surface area contributed by atoms with Crippen LogP contribution in [-0.2, 0) is 0 Å². The average Bonchev–Trinajstić information content (AvgIpc) is 1.99. The molecule has 0 saturated carbocycles. The molecule has 0 aliphatic heterocycles. The van der Waals surface area contributed by atoms with Crippen LogP contribution in [0.15, 0.2) is 12.7 Å². The lowest BCUT2D eigenvalue weighted by Gasteiger charge is -2.24. The van der Waals surface area contributed by atoms with Crippen molar-refractivity contribution in [1.29, 1.82) is 0 Å². The molecule has 0 bridgehead atoms. The molecule has 0 radical (unpaired) electrons. The van der Waals surface area contributed by atoms with Crippen molar-refractivity contribution >= 4 is 0 Å². The van der Waals surface area contributed by atoms with E-state index in [4.69, 9.17) is 0 Å². The summed E-state index contributed by atoms with van der Waals surface area (Å²) < 4.78 is 0. The van der Waals surface area contributed by atoms with Crippen molar-refractivity contribution in [3.05, 3.63) is 12.7 Å². The van der Waals surface area contributed by atoms with Crippen molar-refractivity contribution in [3.8, 4) is 0 Å². The van der Waals surface area contributed by atoms with E-state index in [9.17, 15) is 5.11 Å². The minimum absolute atomic E-state index is 0.145. The van der Waals surface area contributed by atoms with Gasteiger partial charge >= 0.3 is 0 Å². The number of allylic oxidation sites excluding steroid dienone is 1. The maximum Gasteiger partial charge on any atom is 0.0573 e. The monoisotopic (exact) mass is 170 g/mol. The summed E-state index contributed by atoms with van der Waals surface area (Å²) in [6.07, 6.45) is 4.66. The molecule has 0 rings (SSSR count). The first-order chi connectivity index (χ1) is 5.63. The molecule has 1 heteroatoms. The van der Waals surface area contributed by atoms with Gasteiger partial charge in [-0.3, -0.25) is 0 Å². The highest BCUT2D eigenvalue weighted by Crippen LogP contribution is 2.22. The lowest BCUT2D eigenvalue weighted by molar-refractivity contribution is 0.0746. The van der Waals surface area contributed by atoms with E-state index in [0.29, 0.717) is 11.8 Å². The van der Waals surface area contributed by atoms with Gasteiger partial charge in [0.05, 0.1) is 6.10 Å². The zero-order valence-electron chi connectivity index (χ0n) is 8.59. The molecule has 72 valence electrons. The largest absolute Gasteiger partial charge is 0.393 e. The molecule has 1 N–H and O–H groups in total. The third kappa shape index (κ3) is 3.91. The molecule has 0 aromatic rings. The zero-order chi connectivity index (χ0) is 9.56. The average molecular weight is 170 g/mol. The van der Waals surface area contributed by atoms with Crippen molar-refractivity contribution < 1.29 is 5.11 Å². The fraction of sp³-hybridized carbons (Fsp3) is 0.818. The van der Waals surface area contributed by atoms with Gasteiger partial charge in [0.15, 0.2) is 0 Å².